The second-order valence-electron chi connectivity index (χ2n) is 32.4. The number of para-hydroxylation sites is 2. The molecular weight excluding hydrogens is 1270 g/mol. The van der Waals surface area contributed by atoms with Crippen molar-refractivity contribution in [3.63, 3.8) is 0 Å². The molecule has 498 valence electrons. The highest BCUT2D eigenvalue weighted by Gasteiger charge is 2.36. The molecule has 0 unspecified atom stereocenters. The summed E-state index contributed by atoms with van der Waals surface area (Å²) in [5, 5.41) is 17.0. The second kappa shape index (κ2) is 24.4. The number of aryl methyl sites for hydroxylation is 9. The Kier molecular flexibility index (Phi) is 16.9. The lowest BCUT2D eigenvalue weighted by Crippen LogP contribution is -2.49. The van der Waals surface area contributed by atoms with Gasteiger partial charge in [0.25, 0.3) is 0 Å². The summed E-state index contributed by atoms with van der Waals surface area (Å²) in [5.74, 6) is -0.279. The van der Waals surface area contributed by atoms with E-state index in [0.717, 1.165) is 49.9 Å². The predicted molar refractivity (Wildman–Crippen MR) is 428 cm³/mol. The normalized spacial score (nSPS) is 12.5. The minimum Gasteiger partial charge on any atom is -0.455 e. The lowest BCUT2D eigenvalue weighted by molar-refractivity contribution is -0.633. The van der Waals surface area contributed by atoms with E-state index in [1.54, 1.807) is 5.19 Å². The van der Waals surface area contributed by atoms with Gasteiger partial charge < -0.3 is 13.3 Å². The quantitative estimate of drug-likeness (QED) is 0.118. The molecule has 0 aliphatic rings. The number of benzene rings is 9. The van der Waals surface area contributed by atoms with Crippen molar-refractivity contribution in [1.82, 2.24) is 0 Å². The Labute approximate surface area is 582 Å². The average molecular weight is 1360 g/mol. The molecule has 0 amide bonds. The van der Waals surface area contributed by atoms with Crippen LogP contribution >= 0.6 is 0 Å². The molecule has 0 saturated heterocycles. The zero-order valence-corrected chi connectivity index (χ0v) is 66.4. The molecule has 6 aromatic heterocycles. The van der Waals surface area contributed by atoms with Crippen LogP contribution in [0, 0.1) is 68.1 Å². The number of rotatable bonds is 7. The topological polar surface area (TPSA) is 51.1 Å². The molecule has 0 N–H and O–H groups in total. The molecule has 0 fully saturated rings. The summed E-state index contributed by atoms with van der Waals surface area (Å²) in [6, 6.07) is 54.2. The molecule has 6 heterocycles. The Balaban J connectivity index is 0.000000133. The molecule has 15 rings (SSSR count). The molecule has 0 spiro atoms. The minimum absolute atomic E-state index is 0.279. The van der Waals surface area contributed by atoms with E-state index in [9.17, 15) is 4.39 Å². The SMILES string of the molecule is Cc1cc([Si](C)(C)C)c2c(c1)c([Si](C)(C)C)cc(-c1c(C)c(C)cc3c1oc1ccccc13)[n+]2C.Cc1ccc2c(c1)c([Si](C)(C)C)cc(-c1c(C)c(C)cc3c1oc1cc(F)ccc13)[n+]2C.Cc1ccc2c(c1)c([Si](C)(C)C)cc(-c1c(C)c(C)cc3c1oc1ccccc13)[n+]2C. The zero-order chi connectivity index (χ0) is 70.5. The van der Waals surface area contributed by atoms with Gasteiger partial charge in [-0.3, -0.25) is 0 Å². The molecule has 0 radical (unpaired) electrons. The number of furan rings is 3. The highest BCUT2D eigenvalue weighted by Crippen LogP contribution is 2.43. The van der Waals surface area contributed by atoms with Gasteiger partial charge in [0.2, 0.25) is 33.6 Å². The van der Waals surface area contributed by atoms with Crippen molar-refractivity contribution in [1.29, 1.82) is 0 Å². The first-order valence-corrected chi connectivity index (χ1v) is 48.8. The highest BCUT2D eigenvalue weighted by molar-refractivity contribution is 6.92. The van der Waals surface area contributed by atoms with Crippen LogP contribution in [-0.2, 0) is 21.1 Å². The molecule has 98 heavy (non-hydrogen) atoms. The molecule has 6 nitrogen and oxygen atoms in total. The van der Waals surface area contributed by atoms with Gasteiger partial charge in [-0.2, -0.15) is 13.7 Å². The van der Waals surface area contributed by atoms with Gasteiger partial charge in [0, 0.05) is 90.1 Å². The largest absolute Gasteiger partial charge is 0.455 e. The third-order valence-electron chi connectivity index (χ3n) is 21.0. The Bertz CT molecular complexity index is 5840. The number of fused-ring (bicyclic) bond motifs is 12. The molecule has 0 atom stereocenters. The molecule has 0 aliphatic carbocycles. The maximum Gasteiger partial charge on any atom is 0.216 e. The van der Waals surface area contributed by atoms with Crippen LogP contribution < -0.4 is 34.4 Å². The van der Waals surface area contributed by atoms with Crippen LogP contribution in [0.5, 0.6) is 0 Å². The van der Waals surface area contributed by atoms with Gasteiger partial charge in [-0.25, -0.2) is 4.39 Å². The minimum atomic E-state index is -1.65. The van der Waals surface area contributed by atoms with E-state index < -0.39 is 32.3 Å². The summed E-state index contributed by atoms with van der Waals surface area (Å²) in [5.41, 5.74) is 28.0. The molecule has 0 bridgehead atoms. The number of pyridine rings is 3. The Morgan fingerprint density at radius 1 is 0.296 bits per heavy atom. The van der Waals surface area contributed by atoms with E-state index in [4.69, 9.17) is 13.3 Å². The first-order chi connectivity index (χ1) is 46.0. The van der Waals surface area contributed by atoms with E-state index in [-0.39, 0.29) is 5.82 Å². The fourth-order valence-electron chi connectivity index (χ4n) is 15.3. The van der Waals surface area contributed by atoms with Gasteiger partial charge >= 0.3 is 0 Å². The molecule has 0 aliphatic heterocycles. The van der Waals surface area contributed by atoms with Gasteiger partial charge in [0.05, 0.1) is 49.0 Å². The fourth-order valence-corrected chi connectivity index (χ4v) is 21.7. The molecule has 0 saturated carbocycles. The van der Waals surface area contributed by atoms with Crippen LogP contribution in [0.1, 0.15) is 50.1 Å². The summed E-state index contributed by atoms with van der Waals surface area (Å²) < 4.78 is 40.5. The molecular formula is C87H97FN3O3Si4+3. The monoisotopic (exact) mass is 1360 g/mol. The smallest absolute Gasteiger partial charge is 0.216 e. The van der Waals surface area contributed by atoms with Gasteiger partial charge in [0.15, 0.2) is 0 Å². The van der Waals surface area contributed by atoms with Crippen LogP contribution in [0.25, 0.3) is 132 Å². The number of aromatic nitrogens is 3. The number of halogens is 1. The van der Waals surface area contributed by atoms with Gasteiger partial charge in [0.1, 0.15) is 60.5 Å². The van der Waals surface area contributed by atoms with Gasteiger partial charge in [-0.1, -0.05) is 150 Å². The van der Waals surface area contributed by atoms with E-state index in [0.29, 0.717) is 5.58 Å². The third-order valence-corrected chi connectivity index (χ3v) is 29.1. The van der Waals surface area contributed by atoms with Crippen molar-refractivity contribution in [2.24, 2.45) is 21.1 Å². The zero-order valence-electron chi connectivity index (χ0n) is 62.4. The van der Waals surface area contributed by atoms with Crippen LogP contribution in [0.4, 0.5) is 4.39 Å². The van der Waals surface area contributed by atoms with E-state index >= 15 is 0 Å². The fraction of sp³-hybridized carbons (Fsp3) is 0.276. The van der Waals surface area contributed by atoms with Crippen LogP contribution in [0.15, 0.2) is 165 Å². The first-order valence-electron chi connectivity index (χ1n) is 34.8. The summed E-state index contributed by atoms with van der Waals surface area (Å²) in [4.78, 5) is 0. The number of nitrogens with zero attached hydrogens (tertiary/aromatic N) is 3. The standard InChI is InChI=1S/C31H38NOSi2.C28H29FNOSi.C28H30NOSi/c1-19-15-24-27(34(5,6)7)18-25(32(4)30(24)28(16-19)35(8,9)10)29-21(3)20(2)17-23-22-13-11-12-14-26(22)33-31(23)29;1-16-8-11-23-22(12-16)26(32(5,6)7)15-24(30(23)4)27-18(3)17(2)13-21-20-10-9-19(29)14-25(20)31-28(21)27;1-17-12-13-23-22(14-17)26(31(5,6)7)16-24(29(23)4)27-19(3)18(2)15-21-20-10-8-9-11-25(20)30-28(21)27/h11-18H,1-10H3;8-15H,1-7H3;8-16H,1-7H3/q3*+1. The molecule has 9 aromatic carbocycles. The van der Waals surface area contributed by atoms with Crippen molar-refractivity contribution in [2.45, 2.75) is 141 Å². The molecule has 15 aromatic rings. The van der Waals surface area contributed by atoms with Gasteiger partial charge in [-0.05, 0) is 172 Å². The Morgan fingerprint density at radius 2 is 0.643 bits per heavy atom. The summed E-state index contributed by atoms with van der Waals surface area (Å²) in [7, 11) is 0.122. The van der Waals surface area contributed by atoms with Gasteiger partial charge in [-0.15, -0.1) is 0 Å². The van der Waals surface area contributed by atoms with Crippen molar-refractivity contribution in [2.75, 3.05) is 0 Å². The first kappa shape index (κ1) is 68.0. The average Bonchev–Trinajstić information content (AvgIpc) is 1.18. The number of hydrogen-bond acceptors (Lipinski definition) is 3. The van der Waals surface area contributed by atoms with Crippen LogP contribution in [0.3, 0.4) is 0 Å². The summed E-state index contributed by atoms with van der Waals surface area (Å²) >= 11 is 0. The number of hydrogen-bond donors (Lipinski definition) is 0. The summed E-state index contributed by atoms with van der Waals surface area (Å²) in [6.07, 6.45) is 0. The van der Waals surface area contributed by atoms with Crippen molar-refractivity contribution < 1.29 is 31.3 Å². The Morgan fingerprint density at radius 3 is 1.04 bits per heavy atom. The highest BCUT2D eigenvalue weighted by atomic mass is 28.3. The van der Waals surface area contributed by atoms with Crippen molar-refractivity contribution in [3.8, 4) is 33.8 Å². The second-order valence-corrected chi connectivity index (χ2v) is 52.6. The lowest BCUT2D eigenvalue weighted by Gasteiger charge is -2.24. The molecule has 11 heteroatoms. The van der Waals surface area contributed by atoms with E-state index in [2.05, 4.69) is 303 Å². The van der Waals surface area contributed by atoms with Crippen molar-refractivity contribution in [3.05, 3.63) is 208 Å². The lowest BCUT2D eigenvalue weighted by atomic mass is 9.95. The maximum atomic E-state index is 13.9. The summed E-state index contributed by atoms with van der Waals surface area (Å²) in [6.45, 7) is 49.2. The van der Waals surface area contributed by atoms with Crippen molar-refractivity contribution >= 4 is 152 Å². The predicted octanol–water partition coefficient (Wildman–Crippen LogP) is 20.8. The Hall–Kier alpha value is -8.59. The third kappa shape index (κ3) is 11.7. The maximum absolute atomic E-state index is 13.9. The van der Waals surface area contributed by atoms with E-state index in [1.165, 1.54) is 155 Å². The van der Waals surface area contributed by atoms with Crippen LogP contribution in [0.2, 0.25) is 78.6 Å². The van der Waals surface area contributed by atoms with E-state index in [1.807, 2.05) is 12.1 Å². The van der Waals surface area contributed by atoms with Crippen LogP contribution in [-0.4, -0.2) is 32.3 Å².